The van der Waals surface area contributed by atoms with Gasteiger partial charge in [0.2, 0.25) is 0 Å². The molecule has 0 fully saturated rings. The lowest BCUT2D eigenvalue weighted by Crippen LogP contribution is -2.44. The van der Waals surface area contributed by atoms with E-state index in [1.165, 1.54) is 11.8 Å². The van der Waals surface area contributed by atoms with Gasteiger partial charge in [-0.1, -0.05) is 35.9 Å². The summed E-state index contributed by atoms with van der Waals surface area (Å²) in [5.74, 6) is 0.0895. The van der Waals surface area contributed by atoms with E-state index in [-0.39, 0.29) is 17.1 Å². The number of rotatable bonds is 15. The number of fused-ring (bicyclic) bond motifs is 1. The number of hydrogen-bond acceptors (Lipinski definition) is 7. The molecule has 9 nitrogen and oxygen atoms in total. The third kappa shape index (κ3) is 8.93. The van der Waals surface area contributed by atoms with Crippen molar-refractivity contribution in [1.29, 1.82) is 0 Å². The number of unbranched alkanes of at least 4 members (excludes halogenated alkanes) is 1. The Morgan fingerprint density at radius 3 is 2.73 bits per heavy atom. The first kappa shape index (κ1) is 29.3. The van der Waals surface area contributed by atoms with E-state index < -0.39 is 17.9 Å². The van der Waals surface area contributed by atoms with Gasteiger partial charge in [0, 0.05) is 31.5 Å². The number of halogens is 1. The average molecular weight is 566 g/mol. The number of benzene rings is 1. The van der Waals surface area contributed by atoms with Gasteiger partial charge in [0.1, 0.15) is 29.9 Å². The predicted molar refractivity (Wildman–Crippen MR) is 155 cm³/mol. The highest BCUT2D eigenvalue weighted by Crippen LogP contribution is 2.20. The fraction of sp³-hybridized carbons (Fsp3) is 0.400. The first-order chi connectivity index (χ1) is 19.5. The third-order valence-corrected chi connectivity index (χ3v) is 7.14. The summed E-state index contributed by atoms with van der Waals surface area (Å²) in [6.07, 6.45) is 6.64. The molecule has 1 amide bonds. The van der Waals surface area contributed by atoms with Crippen LogP contribution in [0.5, 0.6) is 5.75 Å². The summed E-state index contributed by atoms with van der Waals surface area (Å²) in [6.45, 7) is 3.31. The molecule has 0 radical (unpaired) electrons. The zero-order valence-electron chi connectivity index (χ0n) is 22.5. The number of pyridine rings is 2. The second kappa shape index (κ2) is 15.2. The second-order valence-electron chi connectivity index (χ2n) is 9.79. The number of anilines is 1. The van der Waals surface area contributed by atoms with Gasteiger partial charge in [-0.05, 0) is 81.0 Å². The van der Waals surface area contributed by atoms with Crippen molar-refractivity contribution in [3.63, 3.8) is 0 Å². The molecule has 0 spiro atoms. The maximum Gasteiger partial charge on any atom is 0.326 e. The number of carboxylic acids is 1. The highest BCUT2D eigenvalue weighted by atomic mass is 35.5. The largest absolute Gasteiger partial charge is 0.492 e. The van der Waals surface area contributed by atoms with Crippen LogP contribution in [0.15, 0.2) is 60.8 Å². The molecule has 1 aliphatic heterocycles. The molecular formula is C30H36ClN5O4. The van der Waals surface area contributed by atoms with Crippen molar-refractivity contribution in [2.45, 2.75) is 44.6 Å². The Bertz CT molecular complexity index is 1260. The fourth-order valence-electron chi connectivity index (χ4n) is 4.64. The number of carbonyl (C=O) groups excluding carboxylic acids is 1. The minimum absolute atomic E-state index is 0.00882. The molecule has 0 bridgehead atoms. The monoisotopic (exact) mass is 565 g/mol. The Morgan fingerprint density at radius 2 is 1.93 bits per heavy atom. The summed E-state index contributed by atoms with van der Waals surface area (Å²) in [4.78, 5) is 35.5. The van der Waals surface area contributed by atoms with E-state index in [0.29, 0.717) is 19.7 Å². The number of amides is 1. The number of nitrogens with one attached hydrogen (secondary N) is 2. The van der Waals surface area contributed by atoms with Crippen LogP contribution in [-0.2, 0) is 17.6 Å². The van der Waals surface area contributed by atoms with Crippen molar-refractivity contribution >= 4 is 29.3 Å². The number of hydrogen-bond donors (Lipinski definition) is 3. The van der Waals surface area contributed by atoms with Gasteiger partial charge < -0.3 is 20.5 Å². The van der Waals surface area contributed by atoms with Gasteiger partial charge in [-0.3, -0.25) is 9.69 Å². The van der Waals surface area contributed by atoms with Gasteiger partial charge in [0.25, 0.3) is 5.91 Å². The van der Waals surface area contributed by atoms with Crippen molar-refractivity contribution in [1.82, 2.24) is 20.2 Å². The molecule has 3 N–H and O–H groups in total. The number of carboxylic acid groups (broad SMARTS) is 1. The Hall–Kier alpha value is -3.69. The van der Waals surface area contributed by atoms with Crippen LogP contribution in [0.1, 0.15) is 47.4 Å². The lowest BCUT2D eigenvalue weighted by Gasteiger charge is -2.24. The van der Waals surface area contributed by atoms with Crippen molar-refractivity contribution < 1.29 is 19.4 Å². The van der Waals surface area contributed by atoms with Crippen molar-refractivity contribution in [3.8, 4) is 5.75 Å². The summed E-state index contributed by atoms with van der Waals surface area (Å²) >= 11 is 6.07. The zero-order chi connectivity index (χ0) is 28.2. The summed E-state index contributed by atoms with van der Waals surface area (Å²) in [5.41, 5.74) is 2.37. The van der Waals surface area contributed by atoms with Gasteiger partial charge in [0.05, 0.1) is 5.02 Å². The lowest BCUT2D eigenvalue weighted by atomic mass is 10.1. The number of aryl methyl sites for hydroxylation is 2. The molecule has 0 saturated carbocycles. The predicted octanol–water partition coefficient (Wildman–Crippen LogP) is 4.47. The minimum atomic E-state index is -1.10. The number of aromatic nitrogens is 2. The lowest BCUT2D eigenvalue weighted by molar-refractivity contribution is -0.139. The zero-order valence-corrected chi connectivity index (χ0v) is 23.3. The molecular weight excluding hydrogens is 530 g/mol. The molecule has 1 atom stereocenters. The van der Waals surface area contributed by atoms with Gasteiger partial charge in [0.15, 0.2) is 0 Å². The molecule has 40 heavy (non-hydrogen) atoms. The molecule has 3 aromatic rings. The molecule has 0 aliphatic carbocycles. The normalized spacial score (nSPS) is 13.2. The molecule has 3 heterocycles. The summed E-state index contributed by atoms with van der Waals surface area (Å²) < 4.78 is 5.89. The molecule has 10 heteroatoms. The second-order valence-corrected chi connectivity index (χ2v) is 10.2. The standard InChI is InChI=1S/C30H36ClN5O4/c31-25-12-7-16-32-27(25)29(37)35-26(30(38)39)15-19-36(20-21-40-24-10-2-1-3-11-24)18-5-4-9-23-14-13-22-8-6-17-33-28(22)34-23/h1-3,7,10-14,16,26H,4-6,8-9,15,17-21H2,(H,33,34)(H,35,37)(H,38,39)/t26-/m0/s1. The van der Waals surface area contributed by atoms with Crippen LogP contribution >= 0.6 is 11.6 Å². The Balaban J connectivity index is 1.30. The van der Waals surface area contributed by atoms with Crippen molar-refractivity contribution in [2.75, 3.05) is 38.1 Å². The van der Waals surface area contributed by atoms with Gasteiger partial charge in [-0.15, -0.1) is 0 Å². The molecule has 0 unspecified atom stereocenters. The molecule has 2 aromatic heterocycles. The van der Waals surface area contributed by atoms with Crippen LogP contribution in [0.3, 0.4) is 0 Å². The number of nitrogens with zero attached hydrogens (tertiary/aromatic N) is 3. The van der Waals surface area contributed by atoms with Crippen LogP contribution in [0, 0.1) is 0 Å². The van der Waals surface area contributed by atoms with Crippen LogP contribution in [-0.4, -0.2) is 70.7 Å². The van der Waals surface area contributed by atoms with Crippen LogP contribution in [0.4, 0.5) is 5.82 Å². The summed E-state index contributed by atoms with van der Waals surface area (Å²) in [5, 5.41) is 15.9. The third-order valence-electron chi connectivity index (χ3n) is 6.84. The van der Waals surface area contributed by atoms with E-state index in [0.717, 1.165) is 62.5 Å². The summed E-state index contributed by atoms with van der Waals surface area (Å²) in [7, 11) is 0. The number of ether oxygens (including phenoxy) is 1. The van der Waals surface area contributed by atoms with E-state index in [4.69, 9.17) is 21.3 Å². The number of para-hydroxylation sites is 1. The van der Waals surface area contributed by atoms with E-state index in [1.807, 2.05) is 30.3 Å². The first-order valence-electron chi connectivity index (χ1n) is 13.8. The van der Waals surface area contributed by atoms with E-state index in [1.54, 1.807) is 12.1 Å². The molecule has 212 valence electrons. The Morgan fingerprint density at radius 1 is 1.07 bits per heavy atom. The maximum atomic E-state index is 12.6. The van der Waals surface area contributed by atoms with E-state index in [9.17, 15) is 14.7 Å². The molecule has 0 saturated heterocycles. The summed E-state index contributed by atoms with van der Waals surface area (Å²) in [6, 6.07) is 16.0. The van der Waals surface area contributed by atoms with Crippen LogP contribution in [0.2, 0.25) is 5.02 Å². The fourth-order valence-corrected chi connectivity index (χ4v) is 4.85. The average Bonchev–Trinajstić information content (AvgIpc) is 2.97. The molecule has 1 aromatic carbocycles. The highest BCUT2D eigenvalue weighted by molar-refractivity contribution is 6.33. The molecule has 1 aliphatic rings. The van der Waals surface area contributed by atoms with Gasteiger partial charge in [-0.25, -0.2) is 14.8 Å². The van der Waals surface area contributed by atoms with Crippen molar-refractivity contribution in [2.24, 2.45) is 0 Å². The smallest absolute Gasteiger partial charge is 0.326 e. The van der Waals surface area contributed by atoms with E-state index >= 15 is 0 Å². The number of carbonyl (C=O) groups is 2. The van der Waals surface area contributed by atoms with Crippen LogP contribution < -0.4 is 15.4 Å². The minimum Gasteiger partial charge on any atom is -0.492 e. The number of aliphatic carboxylic acids is 1. The van der Waals surface area contributed by atoms with Gasteiger partial charge in [-0.2, -0.15) is 0 Å². The quantitative estimate of drug-likeness (QED) is 0.231. The van der Waals surface area contributed by atoms with E-state index in [2.05, 4.69) is 32.7 Å². The maximum absolute atomic E-state index is 12.6. The Labute approximate surface area is 239 Å². The van der Waals surface area contributed by atoms with Gasteiger partial charge >= 0.3 is 5.97 Å². The topological polar surface area (TPSA) is 117 Å². The van der Waals surface area contributed by atoms with Crippen LogP contribution in [0.25, 0.3) is 0 Å². The Kier molecular flexibility index (Phi) is 11.1. The SMILES string of the molecule is O=C(N[C@@H](CCN(CCCCc1ccc2c(n1)NCCC2)CCOc1ccccc1)C(=O)O)c1ncccc1Cl. The first-order valence-corrected chi connectivity index (χ1v) is 14.1. The molecule has 4 rings (SSSR count). The van der Waals surface area contributed by atoms with Crippen molar-refractivity contribution in [3.05, 3.63) is 82.8 Å². The highest BCUT2D eigenvalue weighted by Gasteiger charge is 2.23.